The van der Waals surface area contributed by atoms with Crippen molar-refractivity contribution in [3.05, 3.63) is 0 Å². The Morgan fingerprint density at radius 3 is 2.07 bits per heavy atom. The van der Waals surface area contributed by atoms with E-state index in [9.17, 15) is 0 Å². The monoisotopic (exact) mass is 210 g/mol. The van der Waals surface area contributed by atoms with Crippen LogP contribution in [0.4, 0.5) is 0 Å². The van der Waals surface area contributed by atoms with Crippen LogP contribution in [0.5, 0.6) is 0 Å². The van der Waals surface area contributed by atoms with Crippen molar-refractivity contribution >= 4 is 0 Å². The van der Waals surface area contributed by atoms with Gasteiger partial charge in [-0.05, 0) is 51.6 Å². The van der Waals surface area contributed by atoms with E-state index in [0.717, 1.165) is 18.0 Å². The zero-order valence-electron chi connectivity index (χ0n) is 10.5. The fourth-order valence-corrected chi connectivity index (χ4v) is 2.44. The van der Waals surface area contributed by atoms with Gasteiger partial charge < -0.3 is 10.2 Å². The second kappa shape index (κ2) is 4.84. The van der Waals surface area contributed by atoms with Crippen LogP contribution in [0.25, 0.3) is 0 Å². The highest BCUT2D eigenvalue weighted by Crippen LogP contribution is 2.29. The second-order valence-electron chi connectivity index (χ2n) is 5.74. The molecular weight excluding hydrogens is 184 g/mol. The smallest absolute Gasteiger partial charge is 0.00964 e. The molecule has 0 aromatic carbocycles. The first-order valence-electron chi connectivity index (χ1n) is 6.67. The molecule has 1 atom stereocenters. The predicted molar refractivity (Wildman–Crippen MR) is 65.1 cm³/mol. The third-order valence-corrected chi connectivity index (χ3v) is 4.09. The van der Waals surface area contributed by atoms with Crippen molar-refractivity contribution in [1.29, 1.82) is 0 Å². The SMILES string of the molecule is CC(C)C(C)NC1CCN(C2CC2)CC1. The summed E-state index contributed by atoms with van der Waals surface area (Å²) in [6.07, 6.45) is 5.63. The zero-order chi connectivity index (χ0) is 10.8. The molecule has 1 saturated carbocycles. The lowest BCUT2D eigenvalue weighted by molar-refractivity contribution is 0.179. The summed E-state index contributed by atoms with van der Waals surface area (Å²) in [7, 11) is 0. The van der Waals surface area contributed by atoms with Crippen molar-refractivity contribution in [2.45, 2.75) is 64.6 Å². The van der Waals surface area contributed by atoms with Crippen molar-refractivity contribution in [2.24, 2.45) is 5.92 Å². The Hall–Kier alpha value is -0.0800. The summed E-state index contributed by atoms with van der Waals surface area (Å²) in [4.78, 5) is 2.69. The lowest BCUT2D eigenvalue weighted by atomic mass is 10.0. The van der Waals surface area contributed by atoms with E-state index in [0.29, 0.717) is 6.04 Å². The second-order valence-corrected chi connectivity index (χ2v) is 5.74. The summed E-state index contributed by atoms with van der Waals surface area (Å²) in [5.74, 6) is 0.756. The van der Waals surface area contributed by atoms with E-state index in [1.807, 2.05) is 0 Å². The molecule has 0 aromatic heterocycles. The highest BCUT2D eigenvalue weighted by molar-refractivity contribution is 4.89. The van der Waals surface area contributed by atoms with Crippen molar-refractivity contribution in [3.8, 4) is 0 Å². The van der Waals surface area contributed by atoms with Crippen LogP contribution in [0.1, 0.15) is 46.5 Å². The minimum atomic E-state index is 0.669. The third-order valence-electron chi connectivity index (χ3n) is 4.09. The van der Waals surface area contributed by atoms with E-state index in [4.69, 9.17) is 0 Å². The van der Waals surface area contributed by atoms with Crippen molar-refractivity contribution in [3.63, 3.8) is 0 Å². The molecule has 1 aliphatic carbocycles. The molecule has 2 heteroatoms. The first-order valence-corrected chi connectivity index (χ1v) is 6.67. The van der Waals surface area contributed by atoms with Crippen molar-refractivity contribution in [1.82, 2.24) is 10.2 Å². The van der Waals surface area contributed by atoms with E-state index in [-0.39, 0.29) is 0 Å². The molecule has 1 heterocycles. The minimum absolute atomic E-state index is 0.669. The van der Waals surface area contributed by atoms with Crippen LogP contribution < -0.4 is 5.32 Å². The Morgan fingerprint density at radius 1 is 1.00 bits per heavy atom. The average molecular weight is 210 g/mol. The normalized spacial score (nSPS) is 27.2. The number of piperidine rings is 1. The highest BCUT2D eigenvalue weighted by atomic mass is 15.2. The van der Waals surface area contributed by atoms with Crippen LogP contribution >= 0.6 is 0 Å². The predicted octanol–water partition coefficient (Wildman–Crippen LogP) is 2.25. The van der Waals surface area contributed by atoms with Gasteiger partial charge in [0.25, 0.3) is 0 Å². The number of rotatable bonds is 4. The molecule has 0 bridgehead atoms. The number of nitrogens with one attached hydrogen (secondary N) is 1. The van der Waals surface area contributed by atoms with Gasteiger partial charge in [0.1, 0.15) is 0 Å². The van der Waals surface area contributed by atoms with Gasteiger partial charge in [-0.3, -0.25) is 0 Å². The summed E-state index contributed by atoms with van der Waals surface area (Å²) in [6, 6.07) is 2.41. The van der Waals surface area contributed by atoms with E-state index in [1.165, 1.54) is 38.8 Å². The molecule has 2 fully saturated rings. The maximum absolute atomic E-state index is 3.77. The first kappa shape index (κ1) is 11.4. The van der Waals surface area contributed by atoms with Crippen LogP contribution in [-0.4, -0.2) is 36.1 Å². The largest absolute Gasteiger partial charge is 0.311 e. The molecular formula is C13H26N2. The molecule has 0 amide bonds. The fraction of sp³-hybridized carbons (Fsp3) is 1.00. The Balaban J connectivity index is 1.68. The van der Waals surface area contributed by atoms with Gasteiger partial charge in [0.15, 0.2) is 0 Å². The van der Waals surface area contributed by atoms with Crippen LogP contribution in [0.3, 0.4) is 0 Å². The zero-order valence-corrected chi connectivity index (χ0v) is 10.5. The van der Waals surface area contributed by atoms with E-state index in [1.54, 1.807) is 0 Å². The van der Waals surface area contributed by atoms with Crippen LogP contribution in [0, 0.1) is 5.92 Å². The molecule has 1 N–H and O–H groups in total. The quantitative estimate of drug-likeness (QED) is 0.765. The topological polar surface area (TPSA) is 15.3 Å². The summed E-state index contributed by atoms with van der Waals surface area (Å²) in [6.45, 7) is 9.58. The molecule has 0 spiro atoms. The standard InChI is InChI=1S/C13H26N2/c1-10(2)11(3)14-12-6-8-15(9-7-12)13-4-5-13/h10-14H,4-9H2,1-3H3. The van der Waals surface area contributed by atoms with Gasteiger partial charge in [0, 0.05) is 18.1 Å². The van der Waals surface area contributed by atoms with Crippen molar-refractivity contribution < 1.29 is 0 Å². The van der Waals surface area contributed by atoms with Gasteiger partial charge in [-0.15, -0.1) is 0 Å². The number of likely N-dealkylation sites (tertiary alicyclic amines) is 1. The maximum atomic E-state index is 3.77. The van der Waals surface area contributed by atoms with Gasteiger partial charge in [0.2, 0.25) is 0 Å². The van der Waals surface area contributed by atoms with E-state index in [2.05, 4.69) is 31.0 Å². The molecule has 2 nitrogen and oxygen atoms in total. The highest BCUT2D eigenvalue weighted by Gasteiger charge is 2.31. The van der Waals surface area contributed by atoms with Crippen molar-refractivity contribution in [2.75, 3.05) is 13.1 Å². The Bertz CT molecular complexity index is 191. The van der Waals surface area contributed by atoms with Crippen LogP contribution in [0.15, 0.2) is 0 Å². The number of nitrogens with zero attached hydrogens (tertiary/aromatic N) is 1. The molecule has 1 aliphatic heterocycles. The summed E-state index contributed by atoms with van der Waals surface area (Å²) < 4.78 is 0. The molecule has 1 saturated heterocycles. The molecule has 88 valence electrons. The van der Waals surface area contributed by atoms with Gasteiger partial charge >= 0.3 is 0 Å². The Morgan fingerprint density at radius 2 is 1.60 bits per heavy atom. The maximum Gasteiger partial charge on any atom is 0.00964 e. The van der Waals surface area contributed by atoms with Crippen LogP contribution in [-0.2, 0) is 0 Å². The van der Waals surface area contributed by atoms with Gasteiger partial charge in [-0.1, -0.05) is 13.8 Å². The molecule has 0 aromatic rings. The van der Waals surface area contributed by atoms with E-state index < -0.39 is 0 Å². The van der Waals surface area contributed by atoms with Gasteiger partial charge in [-0.25, -0.2) is 0 Å². The Kier molecular flexibility index (Phi) is 3.68. The summed E-state index contributed by atoms with van der Waals surface area (Å²) >= 11 is 0. The average Bonchev–Trinajstić information content (AvgIpc) is 3.02. The third kappa shape index (κ3) is 3.18. The first-order chi connectivity index (χ1) is 7.16. The molecule has 2 rings (SSSR count). The molecule has 1 unspecified atom stereocenters. The summed E-state index contributed by atoms with van der Waals surface area (Å²) in [5.41, 5.74) is 0. The van der Waals surface area contributed by atoms with Gasteiger partial charge in [0.05, 0.1) is 0 Å². The number of hydrogen-bond acceptors (Lipinski definition) is 2. The fourth-order valence-electron chi connectivity index (χ4n) is 2.44. The molecule has 15 heavy (non-hydrogen) atoms. The Labute approximate surface area is 94.4 Å². The summed E-state index contributed by atoms with van der Waals surface area (Å²) in [5, 5.41) is 3.77. The lowest BCUT2D eigenvalue weighted by Gasteiger charge is -2.34. The van der Waals surface area contributed by atoms with E-state index >= 15 is 0 Å². The molecule has 2 aliphatic rings. The minimum Gasteiger partial charge on any atom is -0.311 e. The van der Waals surface area contributed by atoms with Gasteiger partial charge in [-0.2, -0.15) is 0 Å². The lowest BCUT2D eigenvalue weighted by Crippen LogP contribution is -2.47. The molecule has 0 radical (unpaired) electrons. The van der Waals surface area contributed by atoms with Crippen LogP contribution in [0.2, 0.25) is 0 Å². The number of hydrogen-bond donors (Lipinski definition) is 1.